The van der Waals surface area contributed by atoms with E-state index in [-0.39, 0.29) is 30.5 Å². The number of likely N-dealkylation sites (tertiary alicyclic amines) is 1. The van der Waals surface area contributed by atoms with Gasteiger partial charge in [-0.15, -0.1) is 0 Å². The normalized spacial score (nSPS) is 22.7. The van der Waals surface area contributed by atoms with Gasteiger partial charge in [0.25, 0.3) is 17.7 Å². The van der Waals surface area contributed by atoms with E-state index in [0.29, 0.717) is 26.3 Å². The highest BCUT2D eigenvalue weighted by atomic mass is 16.5. The van der Waals surface area contributed by atoms with Gasteiger partial charge >= 0.3 is 5.97 Å². The molecule has 0 aromatic heterocycles. The van der Waals surface area contributed by atoms with Crippen LogP contribution in [-0.2, 0) is 23.9 Å². The molecule has 0 radical (unpaired) electrons. The Morgan fingerprint density at radius 2 is 1.69 bits per heavy atom. The van der Waals surface area contributed by atoms with Crippen molar-refractivity contribution < 1.29 is 38.6 Å². The van der Waals surface area contributed by atoms with Gasteiger partial charge in [0.15, 0.2) is 5.54 Å². The highest BCUT2D eigenvalue weighted by Gasteiger charge is 2.49. The van der Waals surface area contributed by atoms with Crippen LogP contribution in [0.4, 0.5) is 0 Å². The average molecular weight is 486 g/mol. The summed E-state index contributed by atoms with van der Waals surface area (Å²) in [6.45, 7) is 2.45. The number of hydrogen-bond donors (Lipinski definition) is 2. The van der Waals surface area contributed by atoms with E-state index >= 15 is 0 Å². The number of fused-ring (bicyclic) bond motifs is 1. The van der Waals surface area contributed by atoms with E-state index in [4.69, 9.17) is 4.74 Å². The summed E-state index contributed by atoms with van der Waals surface area (Å²) >= 11 is 0. The van der Waals surface area contributed by atoms with Gasteiger partial charge in [0.1, 0.15) is 6.04 Å². The summed E-state index contributed by atoms with van der Waals surface area (Å²) in [5.74, 6) is -4.79. The average Bonchev–Trinajstić information content (AvgIpc) is 3.07. The van der Waals surface area contributed by atoms with Gasteiger partial charge in [-0.1, -0.05) is 12.1 Å². The second-order valence-electron chi connectivity index (χ2n) is 8.97. The Kier molecular flexibility index (Phi) is 6.68. The fourth-order valence-electron chi connectivity index (χ4n) is 4.50. The maximum Gasteiger partial charge on any atom is 0.331 e. The number of hydrogen-bond acceptors (Lipinski definition) is 8. The number of imide groups is 2. The van der Waals surface area contributed by atoms with Gasteiger partial charge in [-0.05, 0) is 25.5 Å². The number of rotatable bonds is 7. The van der Waals surface area contributed by atoms with Crippen LogP contribution in [0, 0.1) is 0 Å². The molecule has 2 N–H and O–H groups in total. The molecule has 4 rings (SSSR count). The zero-order chi connectivity index (χ0) is 25.3. The molecule has 1 aromatic rings. The molecule has 12 heteroatoms. The zero-order valence-corrected chi connectivity index (χ0v) is 19.2. The second-order valence-corrected chi connectivity index (χ2v) is 8.97. The summed E-state index contributed by atoms with van der Waals surface area (Å²) in [6.07, 6.45) is -0.228. The van der Waals surface area contributed by atoms with E-state index in [1.165, 1.54) is 19.1 Å². The molecule has 3 heterocycles. The smallest absolute Gasteiger partial charge is 0.331 e. The van der Waals surface area contributed by atoms with Crippen molar-refractivity contribution in [3.63, 3.8) is 0 Å². The number of amides is 5. The SMILES string of the molecule is C[C@@](CN1C(=O)CCC(N2C(=O)c3ccccc3C2=O)C1=O)(NC(=O)CN1CCOCC1)C(=O)O. The number of carboxylic acids is 1. The van der Waals surface area contributed by atoms with Gasteiger partial charge in [-0.2, -0.15) is 0 Å². The lowest BCUT2D eigenvalue weighted by molar-refractivity contribution is -0.157. The van der Waals surface area contributed by atoms with Crippen molar-refractivity contribution in [2.45, 2.75) is 31.3 Å². The molecule has 0 spiro atoms. The first-order valence-electron chi connectivity index (χ1n) is 11.3. The van der Waals surface area contributed by atoms with Crippen LogP contribution in [-0.4, -0.2) is 106 Å². The quantitative estimate of drug-likeness (QED) is 0.466. The Hall–Kier alpha value is -3.64. The Labute approximate surface area is 200 Å². The van der Waals surface area contributed by atoms with Crippen LogP contribution in [0.15, 0.2) is 24.3 Å². The monoisotopic (exact) mass is 486 g/mol. The number of piperidine rings is 1. The molecule has 0 bridgehead atoms. The van der Waals surface area contributed by atoms with Gasteiger partial charge < -0.3 is 15.2 Å². The lowest BCUT2D eigenvalue weighted by Gasteiger charge is -2.38. The van der Waals surface area contributed by atoms with Crippen LogP contribution in [0.25, 0.3) is 0 Å². The Morgan fingerprint density at radius 1 is 1.09 bits per heavy atom. The van der Waals surface area contributed by atoms with Crippen molar-refractivity contribution in [2.24, 2.45) is 0 Å². The lowest BCUT2D eigenvalue weighted by Crippen LogP contribution is -2.65. The first kappa shape index (κ1) is 24.5. The van der Waals surface area contributed by atoms with Crippen LogP contribution in [0.2, 0.25) is 0 Å². The number of carbonyl (C=O) groups is 6. The number of nitrogens with zero attached hydrogens (tertiary/aromatic N) is 3. The molecule has 12 nitrogen and oxygen atoms in total. The molecule has 0 saturated carbocycles. The Balaban J connectivity index is 1.50. The van der Waals surface area contributed by atoms with Crippen molar-refractivity contribution >= 4 is 35.5 Å². The minimum absolute atomic E-state index is 0.0627. The summed E-state index contributed by atoms with van der Waals surface area (Å²) in [4.78, 5) is 79.7. The molecular weight excluding hydrogens is 460 g/mol. The number of nitrogens with one attached hydrogen (secondary N) is 1. The van der Waals surface area contributed by atoms with Crippen molar-refractivity contribution in [1.29, 1.82) is 0 Å². The maximum absolute atomic E-state index is 13.3. The zero-order valence-electron chi connectivity index (χ0n) is 19.2. The summed E-state index contributed by atoms with van der Waals surface area (Å²) in [5.41, 5.74) is -1.64. The van der Waals surface area contributed by atoms with Crippen LogP contribution < -0.4 is 5.32 Å². The predicted octanol–water partition coefficient (Wildman–Crippen LogP) is -0.908. The van der Waals surface area contributed by atoms with Crippen LogP contribution >= 0.6 is 0 Å². The van der Waals surface area contributed by atoms with Gasteiger partial charge in [0, 0.05) is 19.5 Å². The minimum atomic E-state index is -1.97. The van der Waals surface area contributed by atoms with Gasteiger partial charge in [0.05, 0.1) is 37.4 Å². The van der Waals surface area contributed by atoms with Gasteiger partial charge in [-0.3, -0.25) is 38.7 Å². The fourth-order valence-corrected chi connectivity index (χ4v) is 4.50. The number of carboxylic acid groups (broad SMARTS) is 1. The lowest BCUT2D eigenvalue weighted by atomic mass is 9.96. The fraction of sp³-hybridized carbons (Fsp3) is 0.478. The van der Waals surface area contributed by atoms with Crippen molar-refractivity contribution in [3.8, 4) is 0 Å². The summed E-state index contributed by atoms with van der Waals surface area (Å²) in [7, 11) is 0. The largest absolute Gasteiger partial charge is 0.479 e. The van der Waals surface area contributed by atoms with E-state index in [1.54, 1.807) is 17.0 Å². The maximum atomic E-state index is 13.3. The summed E-state index contributed by atoms with van der Waals surface area (Å²) in [6, 6.07) is 4.92. The molecule has 1 unspecified atom stereocenters. The van der Waals surface area contributed by atoms with Gasteiger partial charge in [-0.25, -0.2) is 4.79 Å². The van der Waals surface area contributed by atoms with Crippen LogP contribution in [0.1, 0.15) is 40.5 Å². The third-order valence-electron chi connectivity index (χ3n) is 6.45. The topological polar surface area (TPSA) is 154 Å². The molecule has 2 fully saturated rings. The number of morpholine rings is 1. The molecule has 3 aliphatic heterocycles. The van der Waals surface area contributed by atoms with E-state index in [9.17, 15) is 33.9 Å². The van der Waals surface area contributed by atoms with E-state index in [1.807, 2.05) is 0 Å². The van der Waals surface area contributed by atoms with Crippen molar-refractivity contribution in [2.75, 3.05) is 39.4 Å². The highest BCUT2D eigenvalue weighted by molar-refractivity contribution is 6.23. The second kappa shape index (κ2) is 9.55. The first-order chi connectivity index (χ1) is 16.6. The predicted molar refractivity (Wildman–Crippen MR) is 118 cm³/mol. The van der Waals surface area contributed by atoms with E-state index in [2.05, 4.69) is 5.32 Å². The number of carbonyl (C=O) groups excluding carboxylic acids is 5. The minimum Gasteiger partial charge on any atom is -0.479 e. The number of benzene rings is 1. The molecule has 1 aromatic carbocycles. The number of ether oxygens (including phenoxy) is 1. The summed E-state index contributed by atoms with van der Waals surface area (Å²) in [5, 5.41) is 12.3. The molecule has 0 aliphatic carbocycles. The number of aliphatic carboxylic acids is 1. The molecular formula is C23H26N4O8. The van der Waals surface area contributed by atoms with Crippen molar-refractivity contribution in [3.05, 3.63) is 35.4 Å². The van der Waals surface area contributed by atoms with Crippen molar-refractivity contribution in [1.82, 2.24) is 20.0 Å². The van der Waals surface area contributed by atoms with Gasteiger partial charge in [0.2, 0.25) is 11.8 Å². The molecule has 2 saturated heterocycles. The molecule has 5 amide bonds. The first-order valence-corrected chi connectivity index (χ1v) is 11.3. The summed E-state index contributed by atoms with van der Waals surface area (Å²) < 4.78 is 5.23. The third kappa shape index (κ3) is 4.66. The van der Waals surface area contributed by atoms with E-state index in [0.717, 1.165) is 9.80 Å². The standard InChI is InChI=1S/C23H26N4O8/c1-23(22(33)34,24-17(28)12-25-8-10-35-11-9-25)13-26-18(29)7-6-16(21(26)32)27-19(30)14-4-2-3-5-15(14)20(27)31/h2-5,16H,6-13H2,1H3,(H,24,28)(H,33,34)/t16?,23-/m0/s1. The molecule has 186 valence electrons. The molecule has 35 heavy (non-hydrogen) atoms. The molecule has 2 atom stereocenters. The Morgan fingerprint density at radius 3 is 2.26 bits per heavy atom. The molecule has 3 aliphatic rings. The Bertz CT molecular complexity index is 1060. The van der Waals surface area contributed by atoms with Crippen LogP contribution in [0.5, 0.6) is 0 Å². The van der Waals surface area contributed by atoms with Crippen LogP contribution in [0.3, 0.4) is 0 Å². The third-order valence-corrected chi connectivity index (χ3v) is 6.45. The van der Waals surface area contributed by atoms with E-state index < -0.39 is 53.6 Å². The highest BCUT2D eigenvalue weighted by Crippen LogP contribution is 2.29.